The number of fused-ring (bicyclic) bond motifs is 1. The second-order valence-electron chi connectivity index (χ2n) is 9.45. The normalized spacial score (nSPS) is 22.7. The Morgan fingerprint density at radius 3 is 2.88 bits per heavy atom. The minimum atomic E-state index is -0.706. The SMILES string of the molecule is COc1ccc2nccc(C(O)CC[C@@H]3CCN(CCCSC4CCC4)C[C@@H]3C(=O)O)c2c1. The number of ether oxygens (including phenoxy) is 1. The number of hydrogen-bond donors (Lipinski definition) is 2. The molecule has 2 heterocycles. The third-order valence-corrected chi connectivity index (χ3v) is 8.80. The molecule has 0 radical (unpaired) electrons. The van der Waals surface area contributed by atoms with Crippen LogP contribution in [0.1, 0.15) is 56.6 Å². The van der Waals surface area contributed by atoms with Crippen LogP contribution in [0, 0.1) is 11.8 Å². The van der Waals surface area contributed by atoms with Gasteiger partial charge in [0, 0.05) is 23.4 Å². The zero-order valence-electron chi connectivity index (χ0n) is 19.5. The summed E-state index contributed by atoms with van der Waals surface area (Å²) in [5.41, 5.74) is 1.65. The number of piperidine rings is 1. The Labute approximate surface area is 200 Å². The zero-order chi connectivity index (χ0) is 23.2. The predicted octanol–water partition coefficient (Wildman–Crippen LogP) is 4.76. The predicted molar refractivity (Wildman–Crippen MR) is 133 cm³/mol. The molecule has 1 aromatic carbocycles. The Bertz CT molecular complexity index is 936. The Kier molecular flexibility index (Phi) is 8.50. The first-order chi connectivity index (χ1) is 16.0. The first-order valence-electron chi connectivity index (χ1n) is 12.2. The molecule has 2 fully saturated rings. The molecule has 1 aliphatic heterocycles. The van der Waals surface area contributed by atoms with Crippen molar-refractivity contribution in [1.82, 2.24) is 9.88 Å². The van der Waals surface area contributed by atoms with Gasteiger partial charge in [0.05, 0.1) is 24.6 Å². The Morgan fingerprint density at radius 1 is 1.30 bits per heavy atom. The molecule has 1 unspecified atom stereocenters. The van der Waals surface area contributed by atoms with Crippen LogP contribution < -0.4 is 4.74 Å². The molecule has 0 spiro atoms. The molecule has 33 heavy (non-hydrogen) atoms. The van der Waals surface area contributed by atoms with E-state index in [1.807, 2.05) is 24.3 Å². The molecular weight excluding hydrogens is 436 g/mol. The lowest BCUT2D eigenvalue weighted by atomic mass is 9.81. The van der Waals surface area contributed by atoms with Crippen LogP contribution in [0.25, 0.3) is 10.9 Å². The second-order valence-corrected chi connectivity index (χ2v) is 10.9. The highest BCUT2D eigenvalue weighted by atomic mass is 32.2. The minimum absolute atomic E-state index is 0.0976. The number of benzene rings is 1. The van der Waals surface area contributed by atoms with Crippen molar-refractivity contribution in [1.29, 1.82) is 0 Å². The van der Waals surface area contributed by atoms with Crippen LogP contribution >= 0.6 is 11.8 Å². The Hall–Kier alpha value is -1.83. The smallest absolute Gasteiger partial charge is 0.308 e. The van der Waals surface area contributed by atoms with Crippen LogP contribution in [-0.2, 0) is 4.79 Å². The monoisotopic (exact) mass is 472 g/mol. The lowest BCUT2D eigenvalue weighted by Crippen LogP contribution is -2.44. The molecule has 7 heteroatoms. The van der Waals surface area contributed by atoms with Crippen LogP contribution in [0.4, 0.5) is 0 Å². The third-order valence-electron chi connectivity index (χ3n) is 7.33. The zero-order valence-corrected chi connectivity index (χ0v) is 20.3. The van der Waals surface area contributed by atoms with Gasteiger partial charge >= 0.3 is 5.97 Å². The molecule has 0 bridgehead atoms. The topological polar surface area (TPSA) is 82.9 Å². The molecule has 1 aromatic heterocycles. The van der Waals surface area contributed by atoms with Crippen molar-refractivity contribution < 1.29 is 19.7 Å². The lowest BCUT2D eigenvalue weighted by molar-refractivity contribution is -0.146. The molecular formula is C26H36N2O4S. The summed E-state index contributed by atoms with van der Waals surface area (Å²) in [5, 5.41) is 22.6. The second kappa shape index (κ2) is 11.5. The van der Waals surface area contributed by atoms with Crippen molar-refractivity contribution in [3.05, 3.63) is 36.0 Å². The largest absolute Gasteiger partial charge is 0.497 e. The van der Waals surface area contributed by atoms with Crippen molar-refractivity contribution in [2.75, 3.05) is 32.5 Å². The standard InChI is InChI=1S/C26H36N2O4S/c1-32-19-7-8-24-22(16-19)21(10-12-27-24)25(29)9-6-18-11-14-28(17-23(18)26(30)31)13-3-15-33-20-4-2-5-20/h7-8,10,12,16,18,20,23,25,29H,2-6,9,11,13-15,17H2,1H3,(H,30,31)/t18-,23+,25?/m1/s1. The summed E-state index contributed by atoms with van der Waals surface area (Å²) in [7, 11) is 1.62. The van der Waals surface area contributed by atoms with Gasteiger partial charge in [-0.2, -0.15) is 11.8 Å². The summed E-state index contributed by atoms with van der Waals surface area (Å²) in [5.74, 6) is 0.939. The van der Waals surface area contributed by atoms with Crippen LogP contribution in [0.5, 0.6) is 5.75 Å². The van der Waals surface area contributed by atoms with E-state index in [0.717, 1.165) is 53.4 Å². The molecule has 2 N–H and O–H groups in total. The van der Waals surface area contributed by atoms with E-state index in [0.29, 0.717) is 19.4 Å². The fourth-order valence-corrected chi connectivity index (χ4v) is 6.36. The van der Waals surface area contributed by atoms with Gasteiger partial charge in [-0.1, -0.05) is 6.42 Å². The van der Waals surface area contributed by atoms with Gasteiger partial charge in [-0.15, -0.1) is 0 Å². The van der Waals surface area contributed by atoms with E-state index in [9.17, 15) is 15.0 Å². The van der Waals surface area contributed by atoms with Gasteiger partial charge in [0.15, 0.2) is 0 Å². The van der Waals surface area contributed by atoms with E-state index < -0.39 is 12.1 Å². The van der Waals surface area contributed by atoms with Crippen molar-refractivity contribution in [3.63, 3.8) is 0 Å². The maximum absolute atomic E-state index is 12.0. The molecule has 1 saturated heterocycles. The first kappa shape index (κ1) is 24.3. The van der Waals surface area contributed by atoms with E-state index >= 15 is 0 Å². The van der Waals surface area contributed by atoms with Gasteiger partial charge in [-0.25, -0.2) is 0 Å². The molecule has 6 nitrogen and oxygen atoms in total. The van der Waals surface area contributed by atoms with Gasteiger partial charge in [0.25, 0.3) is 0 Å². The summed E-state index contributed by atoms with van der Waals surface area (Å²) in [6.45, 7) is 2.57. The van der Waals surface area contributed by atoms with Crippen LogP contribution in [0.3, 0.4) is 0 Å². The number of hydrogen-bond acceptors (Lipinski definition) is 6. The maximum Gasteiger partial charge on any atom is 0.308 e. The molecule has 1 aliphatic carbocycles. The van der Waals surface area contributed by atoms with E-state index in [1.54, 1.807) is 13.3 Å². The molecule has 1 saturated carbocycles. The van der Waals surface area contributed by atoms with Crippen molar-refractivity contribution in [2.24, 2.45) is 11.8 Å². The third kappa shape index (κ3) is 6.19. The highest BCUT2D eigenvalue weighted by molar-refractivity contribution is 7.99. The maximum atomic E-state index is 12.0. The summed E-state index contributed by atoms with van der Waals surface area (Å²) in [6, 6.07) is 7.52. The number of aliphatic hydroxyl groups is 1. The van der Waals surface area contributed by atoms with E-state index in [-0.39, 0.29) is 11.8 Å². The number of thioether (sulfide) groups is 1. The van der Waals surface area contributed by atoms with Crippen molar-refractivity contribution >= 4 is 28.6 Å². The lowest BCUT2D eigenvalue weighted by Gasteiger charge is -2.37. The Morgan fingerprint density at radius 2 is 2.15 bits per heavy atom. The summed E-state index contributed by atoms with van der Waals surface area (Å²) >= 11 is 2.09. The van der Waals surface area contributed by atoms with E-state index in [4.69, 9.17) is 4.74 Å². The molecule has 4 rings (SSSR count). The molecule has 0 amide bonds. The van der Waals surface area contributed by atoms with Gasteiger partial charge in [0.2, 0.25) is 0 Å². The number of nitrogens with zero attached hydrogens (tertiary/aromatic N) is 2. The number of rotatable bonds is 11. The molecule has 2 aliphatic rings. The fraction of sp³-hybridized carbons (Fsp3) is 0.615. The minimum Gasteiger partial charge on any atom is -0.497 e. The van der Waals surface area contributed by atoms with Gasteiger partial charge < -0.3 is 19.8 Å². The van der Waals surface area contributed by atoms with Gasteiger partial charge in [-0.3, -0.25) is 9.78 Å². The molecule has 3 atom stereocenters. The number of aliphatic carboxylic acids is 1. The van der Waals surface area contributed by atoms with Gasteiger partial charge in [-0.05, 0) is 93.1 Å². The highest BCUT2D eigenvalue weighted by Crippen LogP contribution is 2.34. The summed E-state index contributed by atoms with van der Waals surface area (Å²) in [6.07, 6.45) is 8.44. The number of methoxy groups -OCH3 is 1. The number of carboxylic acids is 1. The Balaban J connectivity index is 1.31. The average Bonchev–Trinajstić information content (AvgIpc) is 2.80. The van der Waals surface area contributed by atoms with E-state index in [2.05, 4.69) is 21.6 Å². The highest BCUT2D eigenvalue weighted by Gasteiger charge is 2.34. The van der Waals surface area contributed by atoms with E-state index in [1.165, 1.54) is 25.0 Å². The molecule has 180 valence electrons. The first-order valence-corrected chi connectivity index (χ1v) is 13.3. The number of pyridine rings is 1. The number of aliphatic hydroxyl groups excluding tert-OH is 1. The average molecular weight is 473 g/mol. The summed E-state index contributed by atoms with van der Waals surface area (Å²) < 4.78 is 5.34. The number of carboxylic acid groups (broad SMARTS) is 1. The number of carbonyl (C=O) groups is 1. The number of aromatic nitrogens is 1. The van der Waals surface area contributed by atoms with Crippen LogP contribution in [0.15, 0.2) is 30.5 Å². The molecule has 2 aromatic rings. The van der Waals surface area contributed by atoms with Gasteiger partial charge in [0.1, 0.15) is 5.75 Å². The fourth-order valence-electron chi connectivity index (χ4n) is 5.06. The summed E-state index contributed by atoms with van der Waals surface area (Å²) in [4.78, 5) is 18.7. The van der Waals surface area contributed by atoms with Crippen LogP contribution in [0.2, 0.25) is 0 Å². The van der Waals surface area contributed by atoms with Crippen molar-refractivity contribution in [2.45, 2.75) is 56.3 Å². The number of likely N-dealkylation sites (tertiary alicyclic amines) is 1. The van der Waals surface area contributed by atoms with Crippen molar-refractivity contribution in [3.8, 4) is 5.75 Å². The quantitative estimate of drug-likeness (QED) is 0.457. The van der Waals surface area contributed by atoms with Crippen LogP contribution in [-0.4, -0.2) is 63.8 Å².